The van der Waals surface area contributed by atoms with E-state index in [4.69, 9.17) is 21.1 Å². The summed E-state index contributed by atoms with van der Waals surface area (Å²) in [4.78, 5) is 12.0. The van der Waals surface area contributed by atoms with Crippen LogP contribution in [-0.4, -0.2) is 47.4 Å². The van der Waals surface area contributed by atoms with Crippen LogP contribution in [0.4, 0.5) is 5.69 Å². The molecule has 1 amide bonds. The predicted octanol–water partition coefficient (Wildman–Crippen LogP) is 3.09. The van der Waals surface area contributed by atoms with Gasteiger partial charge in [-0.3, -0.25) is 9.10 Å². The molecule has 0 unspecified atom stereocenters. The molecule has 2 rings (SSSR count). The van der Waals surface area contributed by atoms with Crippen molar-refractivity contribution >= 4 is 33.2 Å². The summed E-state index contributed by atoms with van der Waals surface area (Å²) in [6.07, 6.45) is 1.72. The molecule has 0 aliphatic rings. The van der Waals surface area contributed by atoms with E-state index >= 15 is 0 Å². The number of nitrogens with zero attached hydrogens (tertiary/aromatic N) is 1. The zero-order chi connectivity index (χ0) is 21.3. The molecule has 29 heavy (non-hydrogen) atoms. The standard InChI is InChI=1S/C20H25ClN2O5S/c1-27-18-6-3-4-7-19(18)28-15-13-22-20(24)8-5-14-23(29(2,25)26)17-11-9-16(21)10-12-17/h3-4,6-7,9-12H,5,8,13-15H2,1-2H3,(H,22,24). The number of carbonyl (C=O) groups is 1. The van der Waals surface area contributed by atoms with Gasteiger partial charge in [0.1, 0.15) is 6.61 Å². The minimum Gasteiger partial charge on any atom is -0.493 e. The van der Waals surface area contributed by atoms with E-state index in [1.54, 1.807) is 43.5 Å². The van der Waals surface area contributed by atoms with Gasteiger partial charge in [-0.2, -0.15) is 0 Å². The third kappa shape index (κ3) is 7.47. The van der Waals surface area contributed by atoms with E-state index in [0.717, 1.165) is 6.26 Å². The molecule has 0 spiro atoms. The molecule has 7 nitrogen and oxygen atoms in total. The van der Waals surface area contributed by atoms with Gasteiger partial charge < -0.3 is 14.8 Å². The maximum atomic E-state index is 12.1. The van der Waals surface area contributed by atoms with E-state index in [0.29, 0.717) is 41.8 Å². The number of para-hydroxylation sites is 2. The lowest BCUT2D eigenvalue weighted by Crippen LogP contribution is -2.32. The van der Waals surface area contributed by atoms with Gasteiger partial charge in [-0.25, -0.2) is 8.42 Å². The fourth-order valence-electron chi connectivity index (χ4n) is 2.65. The molecule has 0 bridgehead atoms. The van der Waals surface area contributed by atoms with E-state index in [9.17, 15) is 13.2 Å². The largest absolute Gasteiger partial charge is 0.493 e. The molecule has 9 heteroatoms. The molecule has 0 aliphatic carbocycles. The molecule has 0 radical (unpaired) electrons. The van der Waals surface area contributed by atoms with Gasteiger partial charge in [-0.1, -0.05) is 23.7 Å². The highest BCUT2D eigenvalue weighted by molar-refractivity contribution is 7.92. The lowest BCUT2D eigenvalue weighted by atomic mass is 10.2. The third-order valence-corrected chi connectivity index (χ3v) is 5.48. The Hall–Kier alpha value is -2.45. The van der Waals surface area contributed by atoms with Gasteiger partial charge in [-0.05, 0) is 42.8 Å². The van der Waals surface area contributed by atoms with Crippen LogP contribution in [0.3, 0.4) is 0 Å². The summed E-state index contributed by atoms with van der Waals surface area (Å²) in [6, 6.07) is 13.8. The summed E-state index contributed by atoms with van der Waals surface area (Å²) in [5.41, 5.74) is 0.516. The first-order valence-corrected chi connectivity index (χ1v) is 11.3. The van der Waals surface area contributed by atoms with Crippen molar-refractivity contribution in [1.29, 1.82) is 0 Å². The highest BCUT2D eigenvalue weighted by atomic mass is 35.5. The maximum Gasteiger partial charge on any atom is 0.232 e. The van der Waals surface area contributed by atoms with Crippen molar-refractivity contribution in [3.8, 4) is 11.5 Å². The molecule has 158 valence electrons. The molecule has 0 fully saturated rings. The van der Waals surface area contributed by atoms with Crippen LogP contribution in [0.25, 0.3) is 0 Å². The number of rotatable bonds is 11. The van der Waals surface area contributed by atoms with Crippen LogP contribution in [0.1, 0.15) is 12.8 Å². The number of amides is 1. The van der Waals surface area contributed by atoms with Crippen molar-refractivity contribution in [3.05, 3.63) is 53.6 Å². The van der Waals surface area contributed by atoms with E-state index in [1.807, 2.05) is 12.1 Å². The quantitative estimate of drug-likeness (QED) is 0.543. The van der Waals surface area contributed by atoms with Gasteiger partial charge >= 0.3 is 0 Å². The lowest BCUT2D eigenvalue weighted by molar-refractivity contribution is -0.121. The maximum absolute atomic E-state index is 12.1. The van der Waals surface area contributed by atoms with Crippen molar-refractivity contribution in [2.75, 3.05) is 37.4 Å². The first kappa shape index (κ1) is 22.8. The SMILES string of the molecule is COc1ccccc1OCCNC(=O)CCCN(c1ccc(Cl)cc1)S(C)(=O)=O. The first-order chi connectivity index (χ1) is 13.8. The average Bonchev–Trinajstić information content (AvgIpc) is 2.69. The summed E-state index contributed by atoms with van der Waals surface area (Å²) < 4.78 is 36.2. The number of nitrogens with one attached hydrogen (secondary N) is 1. The average molecular weight is 441 g/mol. The van der Waals surface area contributed by atoms with Crippen LogP contribution in [0, 0.1) is 0 Å². The molecular weight excluding hydrogens is 416 g/mol. The number of ether oxygens (including phenoxy) is 2. The van der Waals surface area contributed by atoms with E-state index in [-0.39, 0.29) is 18.9 Å². The van der Waals surface area contributed by atoms with Gasteiger partial charge in [-0.15, -0.1) is 0 Å². The second-order valence-corrected chi connectivity index (χ2v) is 8.61. The minimum absolute atomic E-state index is 0.168. The van der Waals surface area contributed by atoms with Gasteiger partial charge in [0.05, 0.1) is 25.6 Å². The van der Waals surface area contributed by atoms with Crippen LogP contribution in [-0.2, 0) is 14.8 Å². The first-order valence-electron chi connectivity index (χ1n) is 9.07. The van der Waals surface area contributed by atoms with E-state index in [2.05, 4.69) is 5.32 Å². The normalized spacial score (nSPS) is 11.0. The highest BCUT2D eigenvalue weighted by Crippen LogP contribution is 2.25. The number of sulfonamides is 1. The Balaban J connectivity index is 1.75. The number of halogens is 1. The molecule has 0 saturated carbocycles. The zero-order valence-corrected chi connectivity index (χ0v) is 18.0. The smallest absolute Gasteiger partial charge is 0.232 e. The monoisotopic (exact) mass is 440 g/mol. The minimum atomic E-state index is -3.46. The number of hydrogen-bond donors (Lipinski definition) is 1. The van der Waals surface area contributed by atoms with Crippen molar-refractivity contribution in [2.45, 2.75) is 12.8 Å². The van der Waals surface area contributed by atoms with Crippen molar-refractivity contribution < 1.29 is 22.7 Å². The molecule has 2 aromatic carbocycles. The molecule has 0 atom stereocenters. The molecule has 0 saturated heterocycles. The van der Waals surface area contributed by atoms with Gasteiger partial charge in [0, 0.05) is 18.0 Å². The van der Waals surface area contributed by atoms with Crippen LogP contribution in [0.2, 0.25) is 5.02 Å². The Morgan fingerprint density at radius 1 is 1.10 bits per heavy atom. The zero-order valence-electron chi connectivity index (χ0n) is 16.4. The Morgan fingerprint density at radius 3 is 2.38 bits per heavy atom. The highest BCUT2D eigenvalue weighted by Gasteiger charge is 2.17. The molecule has 2 aromatic rings. The van der Waals surface area contributed by atoms with Crippen molar-refractivity contribution in [1.82, 2.24) is 5.32 Å². The number of hydrogen-bond acceptors (Lipinski definition) is 5. The van der Waals surface area contributed by atoms with Gasteiger partial charge in [0.2, 0.25) is 15.9 Å². The molecule has 0 aliphatic heterocycles. The van der Waals surface area contributed by atoms with Gasteiger partial charge in [0.15, 0.2) is 11.5 Å². The number of carbonyl (C=O) groups excluding carboxylic acids is 1. The van der Waals surface area contributed by atoms with Crippen molar-refractivity contribution in [3.63, 3.8) is 0 Å². The second-order valence-electron chi connectivity index (χ2n) is 6.26. The summed E-state index contributed by atoms with van der Waals surface area (Å²) in [5.74, 6) is 1.07. The number of benzene rings is 2. The molecule has 0 aromatic heterocycles. The Morgan fingerprint density at radius 2 is 1.76 bits per heavy atom. The number of anilines is 1. The topological polar surface area (TPSA) is 84.9 Å². The van der Waals surface area contributed by atoms with Crippen LogP contribution >= 0.6 is 11.6 Å². The molecule has 1 N–H and O–H groups in total. The van der Waals surface area contributed by atoms with E-state index in [1.165, 1.54) is 4.31 Å². The Labute approximate surface area is 176 Å². The van der Waals surface area contributed by atoms with Crippen LogP contribution in [0.5, 0.6) is 11.5 Å². The Bertz CT molecular complexity index is 903. The summed E-state index contributed by atoms with van der Waals surface area (Å²) >= 11 is 5.85. The fraction of sp³-hybridized carbons (Fsp3) is 0.350. The number of methoxy groups -OCH3 is 1. The van der Waals surface area contributed by atoms with Crippen LogP contribution in [0.15, 0.2) is 48.5 Å². The summed E-state index contributed by atoms with van der Waals surface area (Å²) in [6.45, 7) is 0.835. The predicted molar refractivity (Wildman–Crippen MR) is 114 cm³/mol. The molecular formula is C20H25ClN2O5S. The second kappa shape index (κ2) is 10.9. The molecule has 0 heterocycles. The van der Waals surface area contributed by atoms with Crippen molar-refractivity contribution in [2.24, 2.45) is 0 Å². The van der Waals surface area contributed by atoms with E-state index < -0.39 is 10.0 Å². The Kier molecular flexibility index (Phi) is 8.60. The third-order valence-electron chi connectivity index (χ3n) is 4.03. The van der Waals surface area contributed by atoms with Crippen LogP contribution < -0.4 is 19.1 Å². The summed E-state index contributed by atoms with van der Waals surface area (Å²) in [7, 11) is -1.90. The fourth-order valence-corrected chi connectivity index (χ4v) is 3.75. The lowest BCUT2D eigenvalue weighted by Gasteiger charge is -2.22. The van der Waals surface area contributed by atoms with Gasteiger partial charge in [0.25, 0.3) is 0 Å². The summed E-state index contributed by atoms with van der Waals surface area (Å²) in [5, 5.41) is 3.28.